The summed E-state index contributed by atoms with van der Waals surface area (Å²) in [5.41, 5.74) is 1.20. The lowest BCUT2D eigenvalue weighted by molar-refractivity contribution is -0.121. The van der Waals surface area contributed by atoms with Crippen LogP contribution in [-0.4, -0.2) is 34.8 Å². The number of anilines is 1. The Morgan fingerprint density at radius 1 is 1.21 bits per heavy atom. The SMILES string of the molecule is O=C(Nc1nc(-c2ccc(Cl)s2)cs1)C1CCCN(C(=O)c2ccc(F)cc2)C1. The van der Waals surface area contributed by atoms with Gasteiger partial charge in [0.15, 0.2) is 5.13 Å². The minimum atomic E-state index is -0.384. The number of thiophene rings is 1. The van der Waals surface area contributed by atoms with Crippen molar-refractivity contribution in [1.82, 2.24) is 9.88 Å². The minimum absolute atomic E-state index is 0.147. The molecule has 1 aliphatic heterocycles. The van der Waals surface area contributed by atoms with Crippen LogP contribution in [-0.2, 0) is 4.79 Å². The van der Waals surface area contributed by atoms with Crippen molar-refractivity contribution < 1.29 is 14.0 Å². The molecule has 2 aromatic heterocycles. The molecule has 0 saturated carbocycles. The van der Waals surface area contributed by atoms with Gasteiger partial charge in [0.05, 0.1) is 20.8 Å². The van der Waals surface area contributed by atoms with E-state index in [-0.39, 0.29) is 23.5 Å². The molecule has 1 saturated heterocycles. The number of carbonyl (C=O) groups is 2. The number of thiazole rings is 1. The first-order chi connectivity index (χ1) is 14.0. The number of amides is 2. The lowest BCUT2D eigenvalue weighted by Crippen LogP contribution is -2.43. The van der Waals surface area contributed by atoms with Gasteiger partial charge in [0.1, 0.15) is 5.82 Å². The lowest BCUT2D eigenvalue weighted by atomic mass is 9.96. The number of rotatable bonds is 4. The summed E-state index contributed by atoms with van der Waals surface area (Å²) in [6.45, 7) is 0.918. The van der Waals surface area contributed by atoms with Crippen LogP contribution in [0.2, 0.25) is 4.34 Å². The summed E-state index contributed by atoms with van der Waals surface area (Å²) in [4.78, 5) is 32.4. The summed E-state index contributed by atoms with van der Waals surface area (Å²) in [5.74, 6) is -1.03. The van der Waals surface area contributed by atoms with Crippen LogP contribution in [0, 0.1) is 11.7 Å². The number of nitrogens with zero attached hydrogens (tertiary/aromatic N) is 2. The predicted molar refractivity (Wildman–Crippen MR) is 114 cm³/mol. The van der Waals surface area contributed by atoms with Gasteiger partial charge in [-0.05, 0) is 49.2 Å². The van der Waals surface area contributed by atoms with Crippen LogP contribution in [0.5, 0.6) is 0 Å². The number of carbonyl (C=O) groups excluding carboxylic acids is 2. The molecule has 1 aromatic carbocycles. The zero-order valence-electron chi connectivity index (χ0n) is 15.2. The van der Waals surface area contributed by atoms with Crippen molar-refractivity contribution in [3.8, 4) is 10.6 Å². The van der Waals surface area contributed by atoms with Crippen LogP contribution in [0.3, 0.4) is 0 Å². The Morgan fingerprint density at radius 3 is 2.72 bits per heavy atom. The molecular formula is C20H17ClFN3O2S2. The maximum Gasteiger partial charge on any atom is 0.253 e. The average molecular weight is 450 g/mol. The highest BCUT2D eigenvalue weighted by Crippen LogP contribution is 2.33. The van der Waals surface area contributed by atoms with E-state index in [4.69, 9.17) is 11.6 Å². The molecule has 29 heavy (non-hydrogen) atoms. The second kappa shape index (κ2) is 8.61. The molecule has 1 fully saturated rings. The van der Waals surface area contributed by atoms with Gasteiger partial charge in [-0.1, -0.05) is 11.6 Å². The largest absolute Gasteiger partial charge is 0.338 e. The monoisotopic (exact) mass is 449 g/mol. The number of hydrogen-bond donors (Lipinski definition) is 1. The van der Waals surface area contributed by atoms with Gasteiger partial charge in [-0.15, -0.1) is 22.7 Å². The fourth-order valence-corrected chi connectivity index (χ4v) is 5.05. The highest BCUT2D eigenvalue weighted by molar-refractivity contribution is 7.20. The number of hydrogen-bond acceptors (Lipinski definition) is 5. The molecule has 2 amide bonds. The van der Waals surface area contributed by atoms with E-state index < -0.39 is 0 Å². The number of halogens is 2. The van der Waals surface area contributed by atoms with Crippen molar-refractivity contribution in [3.05, 3.63) is 57.5 Å². The number of benzene rings is 1. The van der Waals surface area contributed by atoms with Crippen LogP contribution >= 0.6 is 34.3 Å². The summed E-state index contributed by atoms with van der Waals surface area (Å²) in [5, 5.41) is 5.27. The van der Waals surface area contributed by atoms with Gasteiger partial charge >= 0.3 is 0 Å². The zero-order chi connectivity index (χ0) is 20.4. The van der Waals surface area contributed by atoms with Gasteiger partial charge in [0.25, 0.3) is 5.91 Å². The van der Waals surface area contributed by atoms with Crippen molar-refractivity contribution in [2.45, 2.75) is 12.8 Å². The molecule has 0 bridgehead atoms. The Morgan fingerprint density at radius 2 is 2.00 bits per heavy atom. The standard InChI is InChI=1S/C20H17ClFN3O2S2/c21-17-8-7-16(29-17)15-11-28-20(23-15)24-18(26)13-2-1-9-25(10-13)19(27)12-3-5-14(22)6-4-12/h3-8,11,13H,1-2,9-10H2,(H,23,24,26). The van der Waals surface area contributed by atoms with Crippen molar-refractivity contribution in [3.63, 3.8) is 0 Å². The number of likely N-dealkylation sites (tertiary alicyclic amines) is 1. The van der Waals surface area contributed by atoms with Crippen LogP contribution in [0.4, 0.5) is 9.52 Å². The predicted octanol–water partition coefficient (Wildman–Crippen LogP) is 5.16. The van der Waals surface area contributed by atoms with Gasteiger partial charge < -0.3 is 10.2 Å². The zero-order valence-corrected chi connectivity index (χ0v) is 17.6. The summed E-state index contributed by atoms with van der Waals surface area (Å²) in [6.07, 6.45) is 1.44. The minimum Gasteiger partial charge on any atom is -0.338 e. The van der Waals surface area contributed by atoms with Gasteiger partial charge in [0, 0.05) is 24.0 Å². The summed E-state index contributed by atoms with van der Waals surface area (Å²) in [6, 6.07) is 9.18. The maximum atomic E-state index is 13.1. The normalized spacial score (nSPS) is 16.6. The Balaban J connectivity index is 1.39. The third-order valence-electron chi connectivity index (χ3n) is 4.73. The summed E-state index contributed by atoms with van der Waals surface area (Å²) < 4.78 is 13.8. The van der Waals surface area contributed by atoms with E-state index in [0.717, 1.165) is 17.0 Å². The topological polar surface area (TPSA) is 62.3 Å². The van der Waals surface area contributed by atoms with Crippen molar-refractivity contribution in [2.24, 2.45) is 5.92 Å². The van der Waals surface area contributed by atoms with Crippen LogP contribution in [0.15, 0.2) is 41.8 Å². The number of piperidine rings is 1. The molecule has 4 rings (SSSR count). The lowest BCUT2D eigenvalue weighted by Gasteiger charge is -2.32. The van der Waals surface area contributed by atoms with E-state index in [1.54, 1.807) is 4.90 Å². The number of nitrogens with one attached hydrogen (secondary N) is 1. The Kier molecular flexibility index (Phi) is 5.94. The smallest absolute Gasteiger partial charge is 0.253 e. The molecule has 3 heterocycles. The molecule has 1 atom stereocenters. The molecule has 0 radical (unpaired) electrons. The first-order valence-electron chi connectivity index (χ1n) is 9.06. The Hall–Kier alpha value is -2.29. The molecule has 1 N–H and O–H groups in total. The molecule has 9 heteroatoms. The van der Waals surface area contributed by atoms with E-state index in [1.807, 2.05) is 17.5 Å². The molecule has 0 spiro atoms. The van der Waals surface area contributed by atoms with E-state index >= 15 is 0 Å². The first-order valence-corrected chi connectivity index (χ1v) is 11.1. The van der Waals surface area contributed by atoms with E-state index in [1.165, 1.54) is 46.9 Å². The van der Waals surface area contributed by atoms with Gasteiger partial charge in [-0.3, -0.25) is 9.59 Å². The Labute approximate surface area is 180 Å². The number of aromatic nitrogens is 1. The van der Waals surface area contributed by atoms with E-state index in [9.17, 15) is 14.0 Å². The van der Waals surface area contributed by atoms with Gasteiger partial charge in [0.2, 0.25) is 5.91 Å². The second-order valence-corrected chi connectivity index (χ2v) is 9.30. The molecule has 1 unspecified atom stereocenters. The molecule has 5 nitrogen and oxygen atoms in total. The quantitative estimate of drug-likeness (QED) is 0.598. The van der Waals surface area contributed by atoms with Crippen molar-refractivity contribution >= 4 is 51.2 Å². The van der Waals surface area contributed by atoms with Crippen LogP contribution in [0.1, 0.15) is 23.2 Å². The summed E-state index contributed by atoms with van der Waals surface area (Å²) >= 11 is 8.76. The van der Waals surface area contributed by atoms with Crippen molar-refractivity contribution in [1.29, 1.82) is 0 Å². The van der Waals surface area contributed by atoms with E-state index in [2.05, 4.69) is 10.3 Å². The van der Waals surface area contributed by atoms with Crippen LogP contribution < -0.4 is 5.32 Å². The molecule has 1 aliphatic rings. The Bertz CT molecular complexity index is 1030. The van der Waals surface area contributed by atoms with Crippen LogP contribution in [0.25, 0.3) is 10.6 Å². The highest BCUT2D eigenvalue weighted by atomic mass is 35.5. The maximum absolute atomic E-state index is 13.1. The third-order valence-corrected chi connectivity index (χ3v) is 6.74. The molecule has 0 aliphatic carbocycles. The van der Waals surface area contributed by atoms with Crippen molar-refractivity contribution in [2.75, 3.05) is 18.4 Å². The fraction of sp³-hybridized carbons (Fsp3) is 0.250. The van der Waals surface area contributed by atoms with Gasteiger partial charge in [-0.2, -0.15) is 0 Å². The highest BCUT2D eigenvalue weighted by Gasteiger charge is 2.29. The average Bonchev–Trinajstić information content (AvgIpc) is 3.37. The second-order valence-electron chi connectivity index (χ2n) is 6.73. The molecule has 150 valence electrons. The summed E-state index contributed by atoms with van der Waals surface area (Å²) in [7, 11) is 0. The molecular weight excluding hydrogens is 433 g/mol. The molecule has 3 aromatic rings. The van der Waals surface area contributed by atoms with E-state index in [0.29, 0.717) is 34.5 Å². The fourth-order valence-electron chi connectivity index (χ4n) is 3.25. The van der Waals surface area contributed by atoms with Gasteiger partial charge in [-0.25, -0.2) is 9.37 Å². The third kappa shape index (κ3) is 4.66. The first kappa shape index (κ1) is 20.0.